The number of cyclic esters (lactones) is 4. The van der Waals surface area contributed by atoms with Gasteiger partial charge in [-0.25, -0.2) is 14.4 Å². The Balaban J connectivity index is 2.86. The van der Waals surface area contributed by atoms with Gasteiger partial charge in [-0.05, 0) is 0 Å². The molecule has 0 amide bonds. The summed E-state index contributed by atoms with van der Waals surface area (Å²) in [5.41, 5.74) is 0. The standard InChI is InChI=1S/C4O6/c5-1-2(6)9-4(8)10-3(1)7. The van der Waals surface area contributed by atoms with Gasteiger partial charge in [0.05, 0.1) is 0 Å². The Morgan fingerprint density at radius 3 is 1.60 bits per heavy atom. The van der Waals surface area contributed by atoms with Crippen molar-refractivity contribution >= 4 is 23.9 Å². The molecule has 1 heterocycles. The summed E-state index contributed by atoms with van der Waals surface area (Å²) in [5, 5.41) is 0. The number of Topliss-reactive ketones (excluding diaryl/α,β-unsaturated/α-hetero) is 1. The number of carbonyl (C=O) groups is 4. The molecule has 0 aromatic rings. The summed E-state index contributed by atoms with van der Waals surface area (Å²) in [6.45, 7) is 0. The van der Waals surface area contributed by atoms with Crippen LogP contribution in [0.1, 0.15) is 0 Å². The van der Waals surface area contributed by atoms with Gasteiger partial charge in [0.2, 0.25) is 0 Å². The third-order valence-electron chi connectivity index (χ3n) is 0.723. The Hall–Kier alpha value is -1.72. The third-order valence-corrected chi connectivity index (χ3v) is 0.723. The number of esters is 2. The van der Waals surface area contributed by atoms with Crippen LogP contribution in [0, 0.1) is 0 Å². The van der Waals surface area contributed by atoms with E-state index in [1.165, 1.54) is 0 Å². The summed E-state index contributed by atoms with van der Waals surface area (Å²) in [6.07, 6.45) is -1.46. The minimum Gasteiger partial charge on any atom is -0.354 e. The van der Waals surface area contributed by atoms with Crippen molar-refractivity contribution in [2.75, 3.05) is 0 Å². The maximum atomic E-state index is 10.2. The molecule has 0 unspecified atom stereocenters. The fraction of sp³-hybridized carbons (Fsp3) is 0. The molecule has 6 heteroatoms. The van der Waals surface area contributed by atoms with Gasteiger partial charge in [0, 0.05) is 0 Å². The summed E-state index contributed by atoms with van der Waals surface area (Å²) in [6, 6.07) is 0. The SMILES string of the molecule is O=C1OC(=O)C(=O)C(=O)O1. The molecule has 0 aromatic carbocycles. The molecule has 0 spiro atoms. The minimum atomic E-state index is -1.50. The van der Waals surface area contributed by atoms with Gasteiger partial charge in [0.15, 0.2) is 0 Å². The monoisotopic (exact) mass is 144 g/mol. The molecule has 0 atom stereocenters. The van der Waals surface area contributed by atoms with Crippen LogP contribution in [0.3, 0.4) is 0 Å². The summed E-state index contributed by atoms with van der Waals surface area (Å²) < 4.78 is 7.20. The van der Waals surface area contributed by atoms with Crippen LogP contribution in [0.15, 0.2) is 0 Å². The lowest BCUT2D eigenvalue weighted by atomic mass is 10.4. The van der Waals surface area contributed by atoms with Gasteiger partial charge in [-0.15, -0.1) is 0 Å². The molecule has 0 N–H and O–H groups in total. The lowest BCUT2D eigenvalue weighted by Crippen LogP contribution is -2.37. The van der Waals surface area contributed by atoms with E-state index in [1.807, 2.05) is 0 Å². The van der Waals surface area contributed by atoms with Crippen molar-refractivity contribution in [2.24, 2.45) is 0 Å². The van der Waals surface area contributed by atoms with Crippen LogP contribution in [0.2, 0.25) is 0 Å². The average Bonchev–Trinajstić information content (AvgIpc) is 1.82. The first-order chi connectivity index (χ1) is 4.61. The highest BCUT2D eigenvalue weighted by Crippen LogP contribution is 1.97. The first-order valence-corrected chi connectivity index (χ1v) is 2.13. The second kappa shape index (κ2) is 1.90. The van der Waals surface area contributed by atoms with E-state index in [9.17, 15) is 19.2 Å². The Morgan fingerprint density at radius 1 is 0.800 bits per heavy atom. The zero-order chi connectivity index (χ0) is 7.72. The molecular weight excluding hydrogens is 144 g/mol. The summed E-state index contributed by atoms with van der Waals surface area (Å²) in [5.74, 6) is -4.47. The molecule has 1 aliphatic heterocycles. The lowest BCUT2D eigenvalue weighted by Gasteiger charge is -2.04. The second-order valence-electron chi connectivity index (χ2n) is 1.36. The third kappa shape index (κ3) is 0.859. The first-order valence-electron chi connectivity index (χ1n) is 2.13. The van der Waals surface area contributed by atoms with Crippen LogP contribution in [0.5, 0.6) is 0 Å². The number of ether oxygens (including phenoxy) is 2. The fourth-order valence-electron chi connectivity index (χ4n) is 0.348. The topological polar surface area (TPSA) is 86.7 Å². The van der Waals surface area contributed by atoms with Crippen molar-refractivity contribution in [1.29, 1.82) is 0 Å². The molecule has 1 saturated heterocycles. The average molecular weight is 144 g/mol. The first kappa shape index (κ1) is 6.40. The van der Waals surface area contributed by atoms with Gasteiger partial charge in [0.25, 0.3) is 0 Å². The lowest BCUT2D eigenvalue weighted by molar-refractivity contribution is -0.167. The molecular formula is C4O6. The zero-order valence-electron chi connectivity index (χ0n) is 4.45. The van der Waals surface area contributed by atoms with E-state index in [-0.39, 0.29) is 0 Å². The minimum absolute atomic E-state index is 1.46. The highest BCUT2D eigenvalue weighted by atomic mass is 16.8. The highest BCUT2D eigenvalue weighted by Gasteiger charge is 2.36. The number of carbonyl (C=O) groups excluding carboxylic acids is 4. The largest absolute Gasteiger partial charge is 0.524 e. The Kier molecular flexibility index (Phi) is 1.22. The zero-order valence-corrected chi connectivity index (χ0v) is 4.45. The molecule has 6 nitrogen and oxygen atoms in total. The van der Waals surface area contributed by atoms with E-state index >= 15 is 0 Å². The number of hydrogen-bond donors (Lipinski definition) is 0. The molecule has 0 saturated carbocycles. The van der Waals surface area contributed by atoms with Crippen molar-refractivity contribution in [3.8, 4) is 0 Å². The Bertz CT molecular complexity index is 216. The predicted molar refractivity (Wildman–Crippen MR) is 22.6 cm³/mol. The molecule has 0 aliphatic carbocycles. The smallest absolute Gasteiger partial charge is 0.354 e. The maximum absolute atomic E-state index is 10.2. The molecule has 0 aromatic heterocycles. The van der Waals surface area contributed by atoms with Crippen LogP contribution < -0.4 is 0 Å². The van der Waals surface area contributed by atoms with E-state index in [4.69, 9.17) is 0 Å². The van der Waals surface area contributed by atoms with E-state index in [0.29, 0.717) is 0 Å². The normalized spacial score (nSPS) is 18.4. The van der Waals surface area contributed by atoms with E-state index in [2.05, 4.69) is 9.47 Å². The Morgan fingerprint density at radius 2 is 1.20 bits per heavy atom. The molecule has 1 rings (SSSR count). The van der Waals surface area contributed by atoms with Crippen molar-refractivity contribution in [2.45, 2.75) is 0 Å². The maximum Gasteiger partial charge on any atom is 0.524 e. The number of ketones is 1. The van der Waals surface area contributed by atoms with E-state index in [0.717, 1.165) is 0 Å². The van der Waals surface area contributed by atoms with Crippen LogP contribution in [0.25, 0.3) is 0 Å². The molecule has 1 aliphatic rings. The number of rotatable bonds is 0. The molecule has 0 bridgehead atoms. The second-order valence-corrected chi connectivity index (χ2v) is 1.36. The van der Waals surface area contributed by atoms with Crippen molar-refractivity contribution in [3.63, 3.8) is 0 Å². The van der Waals surface area contributed by atoms with Gasteiger partial charge in [-0.1, -0.05) is 0 Å². The van der Waals surface area contributed by atoms with Crippen LogP contribution in [0.4, 0.5) is 4.79 Å². The molecule has 52 valence electrons. The van der Waals surface area contributed by atoms with E-state index in [1.54, 1.807) is 0 Å². The quantitative estimate of drug-likeness (QED) is 0.240. The van der Waals surface area contributed by atoms with Crippen molar-refractivity contribution < 1.29 is 28.7 Å². The molecule has 10 heavy (non-hydrogen) atoms. The molecule has 1 fully saturated rings. The summed E-state index contributed by atoms with van der Waals surface area (Å²) >= 11 is 0. The number of hydrogen-bond acceptors (Lipinski definition) is 6. The predicted octanol–water partition coefficient (Wildman–Crippen LogP) is -1.22. The molecule has 0 radical (unpaired) electrons. The van der Waals surface area contributed by atoms with Crippen LogP contribution in [-0.4, -0.2) is 23.9 Å². The van der Waals surface area contributed by atoms with E-state index < -0.39 is 23.9 Å². The summed E-state index contributed by atoms with van der Waals surface area (Å²) in [4.78, 5) is 40.4. The highest BCUT2D eigenvalue weighted by molar-refractivity contribution is 6.62. The van der Waals surface area contributed by atoms with Gasteiger partial charge < -0.3 is 9.47 Å². The van der Waals surface area contributed by atoms with Crippen LogP contribution >= 0.6 is 0 Å². The Labute approximate surface area is 53.7 Å². The van der Waals surface area contributed by atoms with Gasteiger partial charge in [-0.2, -0.15) is 0 Å². The van der Waals surface area contributed by atoms with Gasteiger partial charge >= 0.3 is 23.9 Å². The van der Waals surface area contributed by atoms with Gasteiger partial charge in [0.1, 0.15) is 0 Å². The van der Waals surface area contributed by atoms with Crippen molar-refractivity contribution in [3.05, 3.63) is 0 Å². The van der Waals surface area contributed by atoms with Crippen molar-refractivity contribution in [1.82, 2.24) is 0 Å². The fourth-order valence-corrected chi connectivity index (χ4v) is 0.348. The summed E-state index contributed by atoms with van der Waals surface area (Å²) in [7, 11) is 0. The van der Waals surface area contributed by atoms with Gasteiger partial charge in [-0.3, -0.25) is 4.79 Å². The van der Waals surface area contributed by atoms with Crippen LogP contribution in [-0.2, 0) is 23.9 Å².